The number of nitrogens with zero attached hydrogens (tertiary/aromatic N) is 1. The van der Waals surface area contributed by atoms with Gasteiger partial charge in [0.05, 0.1) is 17.3 Å². The van der Waals surface area contributed by atoms with Crippen LogP contribution in [0.5, 0.6) is 5.75 Å². The standard InChI is InChI=1S/C21H22ClNO4/c1-14-7-5-8-16-19(14)23(20(25)21(16,26)13-15(2)24)11-6-12-27-18-10-4-3-9-17(18)22/h3-5,7-10,26H,6,11-13H2,1-2H3/t21-/m0/s1. The molecule has 0 aromatic heterocycles. The molecule has 0 spiro atoms. The number of para-hydroxylation sites is 2. The van der Waals surface area contributed by atoms with E-state index in [0.29, 0.717) is 41.6 Å². The zero-order valence-electron chi connectivity index (χ0n) is 15.4. The SMILES string of the molecule is CC(=O)C[C@@]1(O)C(=O)N(CCCOc2ccccc2Cl)c2c(C)cccc21. The van der Waals surface area contributed by atoms with E-state index < -0.39 is 11.5 Å². The van der Waals surface area contributed by atoms with Gasteiger partial charge in [0, 0.05) is 18.5 Å². The maximum Gasteiger partial charge on any atom is 0.264 e. The van der Waals surface area contributed by atoms with Gasteiger partial charge in [0.25, 0.3) is 5.91 Å². The first kappa shape index (κ1) is 19.4. The lowest BCUT2D eigenvalue weighted by atomic mass is 9.89. The Morgan fingerprint density at radius 2 is 1.96 bits per heavy atom. The summed E-state index contributed by atoms with van der Waals surface area (Å²) in [5, 5.41) is 11.5. The topological polar surface area (TPSA) is 66.8 Å². The summed E-state index contributed by atoms with van der Waals surface area (Å²) in [4.78, 5) is 26.1. The molecule has 0 radical (unpaired) electrons. The molecule has 2 aromatic rings. The highest BCUT2D eigenvalue weighted by Gasteiger charge is 2.50. The molecule has 142 valence electrons. The Morgan fingerprint density at radius 1 is 1.22 bits per heavy atom. The van der Waals surface area contributed by atoms with E-state index in [-0.39, 0.29) is 12.2 Å². The summed E-state index contributed by atoms with van der Waals surface area (Å²) in [6.07, 6.45) is 0.329. The Bertz CT molecular complexity index is 882. The number of carbonyl (C=O) groups is 2. The molecule has 0 bridgehead atoms. The number of aryl methyl sites for hydroxylation is 1. The second kappa shape index (κ2) is 7.71. The zero-order valence-corrected chi connectivity index (χ0v) is 16.1. The van der Waals surface area contributed by atoms with E-state index in [1.165, 1.54) is 6.92 Å². The van der Waals surface area contributed by atoms with Gasteiger partial charge in [-0.05, 0) is 38.0 Å². The molecule has 5 nitrogen and oxygen atoms in total. The lowest BCUT2D eigenvalue weighted by Gasteiger charge is -2.22. The lowest BCUT2D eigenvalue weighted by Crippen LogP contribution is -2.42. The van der Waals surface area contributed by atoms with Crippen LogP contribution in [0.25, 0.3) is 0 Å². The summed E-state index contributed by atoms with van der Waals surface area (Å²) in [7, 11) is 0. The van der Waals surface area contributed by atoms with E-state index in [2.05, 4.69) is 0 Å². The number of ketones is 1. The maximum atomic E-state index is 13.0. The van der Waals surface area contributed by atoms with Crippen LogP contribution in [0, 0.1) is 6.92 Å². The van der Waals surface area contributed by atoms with Crippen LogP contribution in [0.15, 0.2) is 42.5 Å². The van der Waals surface area contributed by atoms with Crippen LogP contribution in [0.1, 0.15) is 30.9 Å². The first-order chi connectivity index (χ1) is 12.8. The molecule has 3 rings (SSSR count). The lowest BCUT2D eigenvalue weighted by molar-refractivity contribution is -0.141. The Balaban J connectivity index is 1.75. The predicted octanol–water partition coefficient (Wildman–Crippen LogP) is 3.63. The van der Waals surface area contributed by atoms with Crippen LogP contribution in [0.2, 0.25) is 5.02 Å². The Kier molecular flexibility index (Phi) is 5.53. The molecular weight excluding hydrogens is 366 g/mol. The van der Waals surface area contributed by atoms with Gasteiger partial charge in [-0.25, -0.2) is 0 Å². The van der Waals surface area contributed by atoms with Gasteiger partial charge in [-0.3, -0.25) is 9.59 Å². The van der Waals surface area contributed by atoms with E-state index in [4.69, 9.17) is 16.3 Å². The third kappa shape index (κ3) is 3.70. The van der Waals surface area contributed by atoms with Crippen molar-refractivity contribution in [1.29, 1.82) is 0 Å². The maximum absolute atomic E-state index is 13.0. The van der Waals surface area contributed by atoms with Crippen molar-refractivity contribution in [3.8, 4) is 5.75 Å². The van der Waals surface area contributed by atoms with Gasteiger partial charge in [-0.15, -0.1) is 0 Å². The molecule has 6 heteroatoms. The normalized spacial score (nSPS) is 18.5. The van der Waals surface area contributed by atoms with Crippen molar-refractivity contribution >= 4 is 29.0 Å². The molecule has 1 amide bonds. The summed E-state index contributed by atoms with van der Waals surface area (Å²) in [6.45, 7) is 4.01. The van der Waals surface area contributed by atoms with E-state index in [1.807, 2.05) is 25.1 Å². The van der Waals surface area contributed by atoms with Gasteiger partial charge in [-0.2, -0.15) is 0 Å². The molecular formula is C21H22ClNO4. The van der Waals surface area contributed by atoms with E-state index in [9.17, 15) is 14.7 Å². The van der Waals surface area contributed by atoms with Crippen molar-refractivity contribution in [1.82, 2.24) is 0 Å². The van der Waals surface area contributed by atoms with Gasteiger partial charge >= 0.3 is 0 Å². The molecule has 1 heterocycles. The Labute approximate surface area is 163 Å². The number of hydrogen-bond acceptors (Lipinski definition) is 4. The van der Waals surface area contributed by atoms with Crippen LogP contribution >= 0.6 is 11.6 Å². The van der Waals surface area contributed by atoms with Crippen molar-refractivity contribution < 1.29 is 19.4 Å². The number of halogens is 1. The van der Waals surface area contributed by atoms with Crippen molar-refractivity contribution in [2.24, 2.45) is 0 Å². The van der Waals surface area contributed by atoms with Crippen LogP contribution in [-0.4, -0.2) is 29.9 Å². The third-order valence-electron chi connectivity index (χ3n) is 4.68. The fraction of sp³-hybridized carbons (Fsp3) is 0.333. The summed E-state index contributed by atoms with van der Waals surface area (Å²) in [5.74, 6) is -0.0986. The number of amides is 1. The molecule has 0 aliphatic carbocycles. The molecule has 2 aromatic carbocycles. The van der Waals surface area contributed by atoms with Crippen LogP contribution < -0.4 is 9.64 Å². The zero-order chi connectivity index (χ0) is 19.6. The number of fused-ring (bicyclic) bond motifs is 1. The van der Waals surface area contributed by atoms with Gasteiger partial charge in [0.2, 0.25) is 0 Å². The van der Waals surface area contributed by atoms with Crippen molar-refractivity contribution in [3.63, 3.8) is 0 Å². The molecule has 1 atom stereocenters. The number of Topliss-reactive ketones (excluding diaryl/α,β-unsaturated/α-hetero) is 1. The molecule has 27 heavy (non-hydrogen) atoms. The molecule has 0 saturated heterocycles. The number of aliphatic hydroxyl groups is 1. The average molecular weight is 388 g/mol. The molecule has 1 aliphatic rings. The Hall–Kier alpha value is -2.37. The number of hydrogen-bond donors (Lipinski definition) is 1. The van der Waals surface area contributed by atoms with Gasteiger partial charge in [-0.1, -0.05) is 41.9 Å². The summed E-state index contributed by atoms with van der Waals surface area (Å²) < 4.78 is 5.68. The average Bonchev–Trinajstić information content (AvgIpc) is 2.82. The van der Waals surface area contributed by atoms with Crippen LogP contribution in [0.3, 0.4) is 0 Å². The van der Waals surface area contributed by atoms with Crippen LogP contribution in [-0.2, 0) is 15.2 Å². The smallest absolute Gasteiger partial charge is 0.264 e. The van der Waals surface area contributed by atoms with Crippen molar-refractivity contribution in [3.05, 3.63) is 58.6 Å². The van der Waals surface area contributed by atoms with Crippen LogP contribution in [0.4, 0.5) is 5.69 Å². The first-order valence-corrected chi connectivity index (χ1v) is 9.23. The molecule has 0 fully saturated rings. The monoisotopic (exact) mass is 387 g/mol. The highest BCUT2D eigenvalue weighted by Crippen LogP contribution is 2.44. The van der Waals surface area contributed by atoms with E-state index in [0.717, 1.165) is 5.56 Å². The minimum atomic E-state index is -1.79. The van der Waals surface area contributed by atoms with Crippen molar-refractivity contribution in [2.45, 2.75) is 32.3 Å². The number of carbonyl (C=O) groups excluding carboxylic acids is 2. The minimum absolute atomic E-state index is 0.227. The highest BCUT2D eigenvalue weighted by atomic mass is 35.5. The Morgan fingerprint density at radius 3 is 2.67 bits per heavy atom. The minimum Gasteiger partial charge on any atom is -0.492 e. The highest BCUT2D eigenvalue weighted by molar-refractivity contribution is 6.32. The second-order valence-electron chi connectivity index (χ2n) is 6.80. The third-order valence-corrected chi connectivity index (χ3v) is 4.99. The fourth-order valence-electron chi connectivity index (χ4n) is 3.50. The van der Waals surface area contributed by atoms with E-state index in [1.54, 1.807) is 29.2 Å². The summed E-state index contributed by atoms with van der Waals surface area (Å²) in [6, 6.07) is 12.6. The molecule has 0 saturated carbocycles. The molecule has 0 unspecified atom stereocenters. The number of rotatable bonds is 7. The molecule has 1 aliphatic heterocycles. The summed E-state index contributed by atoms with van der Waals surface area (Å²) in [5.41, 5.74) is 0.266. The fourth-order valence-corrected chi connectivity index (χ4v) is 3.69. The predicted molar refractivity (Wildman–Crippen MR) is 104 cm³/mol. The van der Waals surface area contributed by atoms with Crippen molar-refractivity contribution in [2.75, 3.05) is 18.1 Å². The number of anilines is 1. The van der Waals surface area contributed by atoms with E-state index >= 15 is 0 Å². The molecule has 1 N–H and O–H groups in total. The largest absolute Gasteiger partial charge is 0.492 e. The number of benzene rings is 2. The number of ether oxygens (including phenoxy) is 1. The second-order valence-corrected chi connectivity index (χ2v) is 7.21. The first-order valence-electron chi connectivity index (χ1n) is 8.86. The van der Waals surface area contributed by atoms with Gasteiger partial charge in [0.15, 0.2) is 5.60 Å². The summed E-state index contributed by atoms with van der Waals surface area (Å²) >= 11 is 6.07. The quantitative estimate of drug-likeness (QED) is 0.737. The van der Waals surface area contributed by atoms with Gasteiger partial charge < -0.3 is 14.7 Å². The van der Waals surface area contributed by atoms with Gasteiger partial charge in [0.1, 0.15) is 11.5 Å².